The standard InChI is InChI=1S/C20H31N3O2/c1-22(2)10-3-13-25-18-6-4-17(5-7-18)15-23-11-8-20(9-12-23)14-19(24)21-16-20/h4-7H,3,8-16H2,1-2H3,(H,21,24). The highest BCUT2D eigenvalue weighted by molar-refractivity contribution is 5.79. The van der Waals surface area contributed by atoms with E-state index < -0.39 is 0 Å². The van der Waals surface area contributed by atoms with Gasteiger partial charge in [0.05, 0.1) is 6.61 Å². The third-order valence-corrected chi connectivity index (χ3v) is 5.46. The van der Waals surface area contributed by atoms with E-state index in [0.717, 1.165) is 70.8 Å². The minimum Gasteiger partial charge on any atom is -0.494 e. The van der Waals surface area contributed by atoms with Gasteiger partial charge in [0, 0.05) is 26.1 Å². The van der Waals surface area contributed by atoms with Crippen LogP contribution in [-0.4, -0.2) is 62.6 Å². The van der Waals surface area contributed by atoms with Crippen LogP contribution in [0.25, 0.3) is 0 Å². The highest BCUT2D eigenvalue weighted by Gasteiger charge is 2.40. The molecule has 0 unspecified atom stereocenters. The summed E-state index contributed by atoms with van der Waals surface area (Å²) in [7, 11) is 4.16. The molecule has 1 amide bonds. The Morgan fingerprint density at radius 1 is 1.20 bits per heavy atom. The zero-order valence-electron chi connectivity index (χ0n) is 15.6. The molecule has 2 aliphatic rings. The van der Waals surface area contributed by atoms with E-state index in [4.69, 9.17) is 4.74 Å². The third kappa shape index (κ3) is 5.19. The molecule has 0 saturated carbocycles. The van der Waals surface area contributed by atoms with Crippen molar-refractivity contribution >= 4 is 5.91 Å². The van der Waals surface area contributed by atoms with E-state index in [0.29, 0.717) is 0 Å². The lowest BCUT2D eigenvalue weighted by Gasteiger charge is -2.38. The predicted molar refractivity (Wildman–Crippen MR) is 99.7 cm³/mol. The number of nitrogens with one attached hydrogen (secondary N) is 1. The smallest absolute Gasteiger partial charge is 0.220 e. The molecule has 0 aliphatic carbocycles. The second-order valence-electron chi connectivity index (χ2n) is 7.88. The number of ether oxygens (including phenoxy) is 1. The lowest BCUT2D eigenvalue weighted by Crippen LogP contribution is -2.40. The Bertz CT molecular complexity index is 563. The fourth-order valence-corrected chi connectivity index (χ4v) is 3.81. The van der Waals surface area contributed by atoms with E-state index in [1.165, 1.54) is 5.56 Å². The average Bonchev–Trinajstić information content (AvgIpc) is 2.96. The first-order valence-corrected chi connectivity index (χ1v) is 9.40. The van der Waals surface area contributed by atoms with Gasteiger partial charge < -0.3 is 15.0 Å². The molecule has 3 rings (SSSR count). The summed E-state index contributed by atoms with van der Waals surface area (Å²) in [5.74, 6) is 1.19. The van der Waals surface area contributed by atoms with Gasteiger partial charge in [-0.2, -0.15) is 0 Å². The number of benzene rings is 1. The maximum atomic E-state index is 11.5. The van der Waals surface area contributed by atoms with Crippen LogP contribution < -0.4 is 10.1 Å². The molecule has 1 aromatic rings. The zero-order chi connectivity index (χ0) is 17.7. The molecule has 2 heterocycles. The van der Waals surface area contributed by atoms with Crippen LogP contribution in [0.4, 0.5) is 0 Å². The minimum absolute atomic E-state index is 0.231. The van der Waals surface area contributed by atoms with E-state index >= 15 is 0 Å². The number of rotatable bonds is 7. The van der Waals surface area contributed by atoms with Gasteiger partial charge in [0.15, 0.2) is 0 Å². The number of carbonyl (C=O) groups excluding carboxylic acids is 1. The van der Waals surface area contributed by atoms with Crippen molar-refractivity contribution < 1.29 is 9.53 Å². The number of nitrogens with zero attached hydrogens (tertiary/aromatic N) is 2. The van der Waals surface area contributed by atoms with Crippen LogP contribution in [0, 0.1) is 5.41 Å². The fourth-order valence-electron chi connectivity index (χ4n) is 3.81. The van der Waals surface area contributed by atoms with E-state index in [2.05, 4.69) is 53.5 Å². The van der Waals surface area contributed by atoms with Crippen molar-refractivity contribution in [1.29, 1.82) is 0 Å². The van der Waals surface area contributed by atoms with Gasteiger partial charge in [-0.3, -0.25) is 9.69 Å². The molecule has 2 saturated heterocycles. The lowest BCUT2D eigenvalue weighted by molar-refractivity contribution is -0.119. The molecule has 0 radical (unpaired) electrons. The SMILES string of the molecule is CN(C)CCCOc1ccc(CN2CCC3(CC2)CNC(=O)C3)cc1. The van der Waals surface area contributed by atoms with Gasteiger partial charge in [0.1, 0.15) is 5.75 Å². The van der Waals surface area contributed by atoms with Gasteiger partial charge in [-0.25, -0.2) is 0 Å². The minimum atomic E-state index is 0.231. The molecule has 0 bridgehead atoms. The maximum Gasteiger partial charge on any atom is 0.220 e. The second kappa shape index (κ2) is 8.19. The number of piperidine rings is 1. The molecule has 0 aromatic heterocycles. The first-order valence-electron chi connectivity index (χ1n) is 9.40. The molecule has 138 valence electrons. The summed E-state index contributed by atoms with van der Waals surface area (Å²) < 4.78 is 5.80. The Hall–Kier alpha value is -1.59. The number of hydrogen-bond acceptors (Lipinski definition) is 4. The van der Waals surface area contributed by atoms with Gasteiger partial charge >= 0.3 is 0 Å². The highest BCUT2D eigenvalue weighted by Crippen LogP contribution is 2.37. The van der Waals surface area contributed by atoms with Crippen LogP contribution >= 0.6 is 0 Å². The zero-order valence-corrected chi connectivity index (χ0v) is 15.6. The van der Waals surface area contributed by atoms with Crippen molar-refractivity contribution in [2.24, 2.45) is 5.41 Å². The van der Waals surface area contributed by atoms with Crippen LogP contribution in [0.3, 0.4) is 0 Å². The topological polar surface area (TPSA) is 44.8 Å². The van der Waals surface area contributed by atoms with E-state index in [1.807, 2.05) is 0 Å². The summed E-state index contributed by atoms with van der Waals surface area (Å²) in [6, 6.07) is 8.50. The third-order valence-electron chi connectivity index (χ3n) is 5.46. The Morgan fingerprint density at radius 3 is 2.52 bits per heavy atom. The number of amides is 1. The molecule has 0 atom stereocenters. The van der Waals surface area contributed by atoms with Gasteiger partial charge in [-0.1, -0.05) is 12.1 Å². The van der Waals surface area contributed by atoms with Crippen molar-refractivity contribution in [3.8, 4) is 5.75 Å². The van der Waals surface area contributed by atoms with Crippen LogP contribution in [0.5, 0.6) is 5.75 Å². The number of likely N-dealkylation sites (tertiary alicyclic amines) is 1. The van der Waals surface area contributed by atoms with Gasteiger partial charge in [0.2, 0.25) is 5.91 Å². The van der Waals surface area contributed by atoms with E-state index in [-0.39, 0.29) is 11.3 Å². The highest BCUT2D eigenvalue weighted by atomic mass is 16.5. The van der Waals surface area contributed by atoms with Crippen LogP contribution in [0.1, 0.15) is 31.2 Å². The average molecular weight is 345 g/mol. The van der Waals surface area contributed by atoms with Crippen molar-refractivity contribution in [2.45, 2.75) is 32.2 Å². The lowest BCUT2D eigenvalue weighted by atomic mass is 9.77. The Balaban J connectivity index is 1.41. The molecular weight excluding hydrogens is 314 g/mol. The fraction of sp³-hybridized carbons (Fsp3) is 0.650. The predicted octanol–water partition coefficient (Wildman–Crippen LogP) is 2.12. The number of carbonyl (C=O) groups is 1. The monoisotopic (exact) mass is 345 g/mol. The molecule has 1 N–H and O–H groups in total. The molecular formula is C20H31N3O2. The Labute approximate surface area is 151 Å². The van der Waals surface area contributed by atoms with Gasteiger partial charge in [0.25, 0.3) is 0 Å². The summed E-state index contributed by atoms with van der Waals surface area (Å²) in [6.45, 7) is 5.83. The maximum absolute atomic E-state index is 11.5. The van der Waals surface area contributed by atoms with Crippen LogP contribution in [0.2, 0.25) is 0 Å². The first kappa shape index (κ1) is 18.2. The van der Waals surface area contributed by atoms with Crippen LogP contribution in [0.15, 0.2) is 24.3 Å². The van der Waals surface area contributed by atoms with E-state index in [9.17, 15) is 4.79 Å². The summed E-state index contributed by atoms with van der Waals surface area (Å²) in [5.41, 5.74) is 1.56. The summed E-state index contributed by atoms with van der Waals surface area (Å²) >= 11 is 0. The molecule has 25 heavy (non-hydrogen) atoms. The largest absolute Gasteiger partial charge is 0.494 e. The first-order chi connectivity index (χ1) is 12.0. The number of hydrogen-bond donors (Lipinski definition) is 1. The van der Waals surface area contributed by atoms with Gasteiger partial charge in [-0.05, 0) is 69.6 Å². The second-order valence-corrected chi connectivity index (χ2v) is 7.88. The Morgan fingerprint density at radius 2 is 1.92 bits per heavy atom. The normalized spacial score (nSPS) is 20.2. The molecule has 5 heteroatoms. The van der Waals surface area contributed by atoms with Crippen molar-refractivity contribution in [3.05, 3.63) is 29.8 Å². The Kier molecular flexibility index (Phi) is 5.97. The molecule has 2 aliphatic heterocycles. The molecule has 5 nitrogen and oxygen atoms in total. The van der Waals surface area contributed by atoms with Crippen molar-refractivity contribution in [2.75, 3.05) is 46.9 Å². The van der Waals surface area contributed by atoms with Gasteiger partial charge in [-0.15, -0.1) is 0 Å². The molecule has 1 aromatic carbocycles. The molecule has 1 spiro atoms. The van der Waals surface area contributed by atoms with E-state index in [1.54, 1.807) is 0 Å². The quantitative estimate of drug-likeness (QED) is 0.769. The summed E-state index contributed by atoms with van der Waals surface area (Å²) in [6.07, 6.45) is 4.01. The van der Waals surface area contributed by atoms with Crippen LogP contribution in [-0.2, 0) is 11.3 Å². The van der Waals surface area contributed by atoms with Crippen molar-refractivity contribution in [1.82, 2.24) is 15.1 Å². The summed E-state index contributed by atoms with van der Waals surface area (Å²) in [5, 5.41) is 3.00. The summed E-state index contributed by atoms with van der Waals surface area (Å²) in [4.78, 5) is 16.2. The van der Waals surface area contributed by atoms with Crippen molar-refractivity contribution in [3.63, 3.8) is 0 Å². The molecule has 2 fully saturated rings.